The Morgan fingerprint density at radius 1 is 1.80 bits per heavy atom. The zero-order valence-corrected chi connectivity index (χ0v) is 6.68. The Morgan fingerprint density at radius 2 is 2.40 bits per heavy atom. The van der Waals surface area contributed by atoms with Gasteiger partial charge in [0.25, 0.3) is 0 Å². The van der Waals surface area contributed by atoms with Crippen LogP contribution < -0.4 is 5.32 Å². The van der Waals surface area contributed by atoms with Gasteiger partial charge in [-0.25, -0.2) is 0 Å². The molecule has 0 spiro atoms. The quantitative estimate of drug-likeness (QED) is 0.590. The third-order valence-corrected chi connectivity index (χ3v) is 1.27. The van der Waals surface area contributed by atoms with Crippen LogP contribution in [0.4, 0.5) is 0 Å². The first kappa shape index (κ1) is 9.21. The van der Waals surface area contributed by atoms with Gasteiger partial charge in [-0.05, 0) is 6.42 Å². The zero-order valence-electron chi connectivity index (χ0n) is 6.68. The molecule has 0 saturated carbocycles. The number of carbonyl (C=O) groups is 1. The van der Waals surface area contributed by atoms with Crippen molar-refractivity contribution in [2.24, 2.45) is 0 Å². The van der Waals surface area contributed by atoms with Crippen molar-refractivity contribution in [2.45, 2.75) is 32.7 Å². The van der Waals surface area contributed by atoms with Gasteiger partial charge < -0.3 is 5.32 Å². The minimum atomic E-state index is 0.0124. The van der Waals surface area contributed by atoms with Gasteiger partial charge in [-0.1, -0.05) is 19.4 Å². The monoisotopic (exact) mass is 141 g/mol. The van der Waals surface area contributed by atoms with Crippen molar-refractivity contribution in [3.8, 4) is 0 Å². The Bertz CT molecular complexity index is 120. The van der Waals surface area contributed by atoms with E-state index >= 15 is 0 Å². The Kier molecular flexibility index (Phi) is 4.63. The predicted octanol–water partition coefficient (Wildman–Crippen LogP) is 1.48. The molecule has 0 aromatic heterocycles. The first-order valence-electron chi connectivity index (χ1n) is 3.60. The van der Waals surface area contributed by atoms with Crippen molar-refractivity contribution in [1.82, 2.24) is 5.32 Å². The standard InChI is InChI=1S/C8H15NO/c1-4-6-8(5-2)9-7(3)10/h5,8H,2,4,6H2,1,3H3,(H,9,10)/t8-/m1/s1. The number of hydrogen-bond donors (Lipinski definition) is 1. The van der Waals surface area contributed by atoms with Crippen LogP contribution in [-0.2, 0) is 4.79 Å². The number of hydrogen-bond acceptors (Lipinski definition) is 1. The van der Waals surface area contributed by atoms with Crippen molar-refractivity contribution >= 4 is 5.91 Å². The van der Waals surface area contributed by atoms with Crippen LogP contribution in [0, 0.1) is 0 Å². The Labute approximate surface area is 62.3 Å². The lowest BCUT2D eigenvalue weighted by Crippen LogP contribution is -2.30. The van der Waals surface area contributed by atoms with Gasteiger partial charge in [0.05, 0.1) is 0 Å². The number of nitrogens with one attached hydrogen (secondary N) is 1. The summed E-state index contributed by atoms with van der Waals surface area (Å²) in [6.07, 6.45) is 3.81. The average molecular weight is 141 g/mol. The van der Waals surface area contributed by atoms with E-state index in [1.165, 1.54) is 6.92 Å². The summed E-state index contributed by atoms with van der Waals surface area (Å²) in [6.45, 7) is 7.22. The first-order valence-corrected chi connectivity index (χ1v) is 3.60. The molecule has 1 amide bonds. The lowest BCUT2D eigenvalue weighted by Gasteiger charge is -2.10. The molecule has 0 aromatic rings. The van der Waals surface area contributed by atoms with Gasteiger partial charge in [0, 0.05) is 13.0 Å². The smallest absolute Gasteiger partial charge is 0.217 e. The highest BCUT2D eigenvalue weighted by Crippen LogP contribution is 1.96. The van der Waals surface area contributed by atoms with Crippen LogP contribution in [0.15, 0.2) is 12.7 Å². The van der Waals surface area contributed by atoms with Crippen molar-refractivity contribution in [3.63, 3.8) is 0 Å². The SMILES string of the molecule is C=C[C@H](CCC)NC(C)=O. The summed E-state index contributed by atoms with van der Waals surface area (Å²) in [7, 11) is 0. The molecule has 1 N–H and O–H groups in total. The lowest BCUT2D eigenvalue weighted by molar-refractivity contribution is -0.119. The molecule has 0 aliphatic rings. The van der Waals surface area contributed by atoms with Crippen molar-refractivity contribution in [3.05, 3.63) is 12.7 Å². The van der Waals surface area contributed by atoms with E-state index < -0.39 is 0 Å². The largest absolute Gasteiger partial charge is 0.350 e. The number of carbonyl (C=O) groups excluding carboxylic acids is 1. The number of rotatable bonds is 4. The van der Waals surface area contributed by atoms with Gasteiger partial charge in [0.1, 0.15) is 0 Å². The molecule has 10 heavy (non-hydrogen) atoms. The second kappa shape index (κ2) is 5.03. The van der Waals surface area contributed by atoms with Gasteiger partial charge in [0.15, 0.2) is 0 Å². The summed E-state index contributed by atoms with van der Waals surface area (Å²) in [4.78, 5) is 10.5. The summed E-state index contributed by atoms with van der Waals surface area (Å²) in [5, 5.41) is 2.77. The van der Waals surface area contributed by atoms with E-state index in [-0.39, 0.29) is 11.9 Å². The summed E-state index contributed by atoms with van der Waals surface area (Å²) >= 11 is 0. The van der Waals surface area contributed by atoms with E-state index in [2.05, 4.69) is 18.8 Å². The molecule has 0 aliphatic carbocycles. The predicted molar refractivity (Wildman–Crippen MR) is 42.7 cm³/mol. The van der Waals surface area contributed by atoms with Gasteiger partial charge in [-0.2, -0.15) is 0 Å². The average Bonchev–Trinajstić information content (AvgIpc) is 1.86. The van der Waals surface area contributed by atoms with Crippen LogP contribution >= 0.6 is 0 Å². The molecule has 0 heterocycles. The molecule has 0 bridgehead atoms. The van der Waals surface area contributed by atoms with Crippen molar-refractivity contribution in [1.29, 1.82) is 0 Å². The molecule has 0 saturated heterocycles. The molecule has 1 atom stereocenters. The second-order valence-electron chi connectivity index (χ2n) is 2.33. The molecular weight excluding hydrogens is 126 g/mol. The fourth-order valence-corrected chi connectivity index (χ4v) is 0.821. The van der Waals surface area contributed by atoms with Crippen LogP contribution in [0.5, 0.6) is 0 Å². The highest BCUT2D eigenvalue weighted by atomic mass is 16.1. The summed E-state index contributed by atoms with van der Waals surface area (Å²) < 4.78 is 0. The van der Waals surface area contributed by atoms with Crippen molar-refractivity contribution in [2.75, 3.05) is 0 Å². The van der Waals surface area contributed by atoms with E-state index in [1.807, 2.05) is 0 Å². The maximum absolute atomic E-state index is 10.5. The minimum Gasteiger partial charge on any atom is -0.350 e. The van der Waals surface area contributed by atoms with Crippen molar-refractivity contribution < 1.29 is 4.79 Å². The fourth-order valence-electron chi connectivity index (χ4n) is 0.821. The Hall–Kier alpha value is -0.790. The fraction of sp³-hybridized carbons (Fsp3) is 0.625. The topological polar surface area (TPSA) is 29.1 Å². The van der Waals surface area contributed by atoms with E-state index in [0.717, 1.165) is 12.8 Å². The lowest BCUT2D eigenvalue weighted by atomic mass is 10.2. The normalized spacial score (nSPS) is 12.2. The van der Waals surface area contributed by atoms with E-state index in [9.17, 15) is 4.79 Å². The molecular formula is C8H15NO. The van der Waals surface area contributed by atoms with Crippen LogP contribution in [-0.4, -0.2) is 11.9 Å². The highest BCUT2D eigenvalue weighted by Gasteiger charge is 2.01. The summed E-state index contributed by atoms with van der Waals surface area (Å²) in [5.74, 6) is 0.0124. The van der Waals surface area contributed by atoms with Crippen LogP contribution in [0.2, 0.25) is 0 Å². The molecule has 0 aliphatic heterocycles. The van der Waals surface area contributed by atoms with Gasteiger partial charge >= 0.3 is 0 Å². The van der Waals surface area contributed by atoms with E-state index in [1.54, 1.807) is 6.08 Å². The van der Waals surface area contributed by atoms with Crippen LogP contribution in [0.25, 0.3) is 0 Å². The zero-order chi connectivity index (χ0) is 7.98. The summed E-state index contributed by atoms with van der Waals surface area (Å²) in [5.41, 5.74) is 0. The summed E-state index contributed by atoms with van der Waals surface area (Å²) in [6, 6.07) is 0.155. The van der Waals surface area contributed by atoms with Crippen LogP contribution in [0.1, 0.15) is 26.7 Å². The maximum Gasteiger partial charge on any atom is 0.217 e. The van der Waals surface area contributed by atoms with E-state index in [0.29, 0.717) is 0 Å². The van der Waals surface area contributed by atoms with Gasteiger partial charge in [-0.3, -0.25) is 4.79 Å². The molecule has 0 unspecified atom stereocenters. The molecule has 0 rings (SSSR count). The van der Waals surface area contributed by atoms with Crippen LogP contribution in [0.3, 0.4) is 0 Å². The molecule has 0 fully saturated rings. The Morgan fingerprint density at radius 3 is 2.70 bits per heavy atom. The maximum atomic E-state index is 10.5. The van der Waals surface area contributed by atoms with Gasteiger partial charge in [0.2, 0.25) is 5.91 Å². The number of amides is 1. The van der Waals surface area contributed by atoms with Gasteiger partial charge in [-0.15, -0.1) is 6.58 Å². The molecule has 2 nitrogen and oxygen atoms in total. The molecule has 2 heteroatoms. The third-order valence-electron chi connectivity index (χ3n) is 1.27. The molecule has 0 radical (unpaired) electrons. The minimum absolute atomic E-state index is 0.0124. The third kappa shape index (κ3) is 4.13. The highest BCUT2D eigenvalue weighted by molar-refractivity contribution is 5.73. The first-order chi connectivity index (χ1) is 4.70. The van der Waals surface area contributed by atoms with E-state index in [4.69, 9.17) is 0 Å². The molecule has 0 aromatic carbocycles. The Balaban J connectivity index is 3.59. The second-order valence-corrected chi connectivity index (χ2v) is 2.33. The molecule has 58 valence electrons.